The Hall–Kier alpha value is -2.73. The molecule has 1 spiro atoms. The molecule has 0 radical (unpaired) electrons. The van der Waals surface area contributed by atoms with Crippen molar-refractivity contribution in [2.24, 2.45) is 11.3 Å². The monoisotopic (exact) mass is 548 g/mol. The van der Waals surface area contributed by atoms with Gasteiger partial charge in [-0.3, -0.25) is 9.88 Å². The summed E-state index contributed by atoms with van der Waals surface area (Å²) in [5.41, 5.74) is 3.74. The molecule has 2 unspecified atom stereocenters. The van der Waals surface area contributed by atoms with Crippen molar-refractivity contribution in [3.8, 4) is 0 Å². The highest BCUT2D eigenvalue weighted by Crippen LogP contribution is 2.61. The lowest BCUT2D eigenvalue weighted by molar-refractivity contribution is -0.0894. The Kier molecular flexibility index (Phi) is 6.46. The van der Waals surface area contributed by atoms with E-state index in [0.29, 0.717) is 12.0 Å². The third-order valence-corrected chi connectivity index (χ3v) is 11.2. The van der Waals surface area contributed by atoms with Gasteiger partial charge in [-0.25, -0.2) is 0 Å². The quantitative estimate of drug-likeness (QED) is 0.326. The molecule has 1 aromatic carbocycles. The van der Waals surface area contributed by atoms with E-state index in [1.807, 2.05) is 6.20 Å². The number of pyridine rings is 1. The molecule has 1 aliphatic carbocycles. The van der Waals surface area contributed by atoms with Gasteiger partial charge in [0, 0.05) is 40.5 Å². The first kappa shape index (κ1) is 25.9. The molecule has 2 N–H and O–H groups in total. The van der Waals surface area contributed by atoms with Crippen LogP contribution < -0.4 is 0 Å². The maximum absolute atomic E-state index is 13.1. The van der Waals surface area contributed by atoms with Crippen LogP contribution in [-0.2, 0) is 0 Å². The van der Waals surface area contributed by atoms with Crippen molar-refractivity contribution < 1.29 is 5.11 Å². The fourth-order valence-electron chi connectivity index (χ4n) is 9.59. The maximum atomic E-state index is 13.1. The molecule has 5 heteroatoms. The van der Waals surface area contributed by atoms with Gasteiger partial charge in [-0.1, -0.05) is 42.5 Å². The van der Waals surface area contributed by atoms with E-state index in [4.69, 9.17) is 4.98 Å². The molecule has 8 rings (SSSR count). The van der Waals surface area contributed by atoms with Crippen LogP contribution in [0.1, 0.15) is 69.9 Å². The minimum absolute atomic E-state index is 0.00403. The van der Waals surface area contributed by atoms with E-state index in [2.05, 4.69) is 75.5 Å². The van der Waals surface area contributed by atoms with Gasteiger partial charge >= 0.3 is 0 Å². The zero-order valence-corrected chi connectivity index (χ0v) is 24.3. The van der Waals surface area contributed by atoms with Crippen molar-refractivity contribution in [3.63, 3.8) is 0 Å². The molecule has 6 atom stereocenters. The Morgan fingerprint density at radius 1 is 0.902 bits per heavy atom. The standard InChI is InChI=1S/C36H44N4O/c41-36-18-10-4-1-2-5-11-20-39-22-17-30(35(25-39)23-26-13-7-3-6-12-21-40(26)34(35)36)29(24-36)32-33-28(16-19-37-32)27-14-8-9-15-31(27)38-33/h1,4,7-9,13-16,19,24,26,30,34,38,41H,2-3,5-6,10-12,17-18,20-23,25H2/t26?,30-,34+,35-,36-/m0/s1. The number of allylic oxidation sites excluding steroid dienone is 4. The van der Waals surface area contributed by atoms with Gasteiger partial charge in [0.05, 0.1) is 22.9 Å². The summed E-state index contributed by atoms with van der Waals surface area (Å²) in [7, 11) is 0. The van der Waals surface area contributed by atoms with Crippen molar-refractivity contribution in [2.75, 3.05) is 26.2 Å². The van der Waals surface area contributed by atoms with E-state index >= 15 is 0 Å². The molecule has 0 saturated carbocycles. The molecule has 2 aromatic heterocycles. The second-order valence-corrected chi connectivity index (χ2v) is 13.5. The summed E-state index contributed by atoms with van der Waals surface area (Å²) in [6.45, 7) is 4.47. The molecule has 5 nitrogen and oxygen atoms in total. The SMILES string of the molecule is O[C@]12C=C(c3nccc4c3[nH]c3ccccc34)[C@@H]3CCN(CCCCC=CCC1)C[C@@]31CC3C=CCCCCN3[C@H]12. The number of aromatic nitrogens is 2. The summed E-state index contributed by atoms with van der Waals surface area (Å²) in [6.07, 6.45) is 25.2. The summed E-state index contributed by atoms with van der Waals surface area (Å²) < 4.78 is 0. The number of para-hydroxylation sites is 1. The van der Waals surface area contributed by atoms with Gasteiger partial charge in [0.15, 0.2) is 0 Å². The molecule has 3 bridgehead atoms. The first-order valence-electron chi connectivity index (χ1n) is 16.3. The van der Waals surface area contributed by atoms with Crippen LogP contribution in [0, 0.1) is 11.3 Å². The van der Waals surface area contributed by atoms with Crippen molar-refractivity contribution in [3.05, 3.63) is 72.6 Å². The van der Waals surface area contributed by atoms with Crippen molar-refractivity contribution in [1.29, 1.82) is 0 Å². The molecule has 2 saturated heterocycles. The van der Waals surface area contributed by atoms with Gasteiger partial charge in [-0.15, -0.1) is 0 Å². The number of fused-ring (bicyclic) bond motifs is 5. The average molecular weight is 549 g/mol. The van der Waals surface area contributed by atoms with E-state index in [9.17, 15) is 5.11 Å². The minimum atomic E-state index is -0.898. The number of nitrogens with zero attached hydrogens (tertiary/aromatic N) is 3. The number of hydrogen-bond acceptors (Lipinski definition) is 4. The number of hydrogen-bond donors (Lipinski definition) is 2. The van der Waals surface area contributed by atoms with E-state index in [-0.39, 0.29) is 11.5 Å². The van der Waals surface area contributed by atoms with Crippen LogP contribution in [0.25, 0.3) is 27.4 Å². The molecular formula is C36H44N4O. The first-order chi connectivity index (χ1) is 20.2. The van der Waals surface area contributed by atoms with Crippen molar-refractivity contribution in [2.45, 2.75) is 81.9 Å². The molecule has 5 aliphatic rings. The van der Waals surface area contributed by atoms with Gasteiger partial charge in [0.25, 0.3) is 0 Å². The average Bonchev–Trinajstić information content (AvgIpc) is 3.49. The van der Waals surface area contributed by atoms with Gasteiger partial charge < -0.3 is 15.0 Å². The van der Waals surface area contributed by atoms with Crippen LogP contribution in [0.4, 0.5) is 0 Å². The number of aromatic amines is 1. The van der Waals surface area contributed by atoms with Crippen LogP contribution in [0.15, 0.2) is 66.9 Å². The molecule has 41 heavy (non-hydrogen) atoms. The zero-order valence-electron chi connectivity index (χ0n) is 24.3. The number of aliphatic hydroxyl groups is 1. The lowest BCUT2D eigenvalue weighted by atomic mass is 9.54. The predicted molar refractivity (Wildman–Crippen MR) is 168 cm³/mol. The summed E-state index contributed by atoms with van der Waals surface area (Å²) in [6, 6.07) is 11.3. The third-order valence-electron chi connectivity index (χ3n) is 11.2. The summed E-state index contributed by atoms with van der Waals surface area (Å²) in [5.74, 6) is 0.385. The molecule has 3 aromatic rings. The van der Waals surface area contributed by atoms with Gasteiger partial charge in [-0.2, -0.15) is 0 Å². The van der Waals surface area contributed by atoms with Crippen LogP contribution in [0.3, 0.4) is 0 Å². The largest absolute Gasteiger partial charge is 0.384 e. The van der Waals surface area contributed by atoms with E-state index in [0.717, 1.165) is 68.5 Å². The number of rotatable bonds is 1. The molecule has 0 amide bonds. The normalized spacial score (nSPS) is 36.1. The Balaban J connectivity index is 1.35. The molecule has 4 aliphatic heterocycles. The topological polar surface area (TPSA) is 55.4 Å². The van der Waals surface area contributed by atoms with Gasteiger partial charge in [-0.05, 0) is 114 Å². The Bertz CT molecular complexity index is 1530. The summed E-state index contributed by atoms with van der Waals surface area (Å²) in [5, 5.41) is 15.5. The molecule has 214 valence electrons. The number of H-pyrrole nitrogens is 1. The highest BCUT2D eigenvalue weighted by molar-refractivity contribution is 6.09. The van der Waals surface area contributed by atoms with Crippen LogP contribution in [0.5, 0.6) is 0 Å². The third kappa shape index (κ3) is 4.18. The van der Waals surface area contributed by atoms with Crippen LogP contribution >= 0.6 is 0 Å². The lowest BCUT2D eigenvalue weighted by Gasteiger charge is -2.58. The van der Waals surface area contributed by atoms with Crippen LogP contribution in [-0.4, -0.2) is 68.7 Å². The number of benzene rings is 1. The lowest BCUT2D eigenvalue weighted by Crippen LogP contribution is -2.65. The zero-order chi connectivity index (χ0) is 27.4. The predicted octanol–water partition coefficient (Wildman–Crippen LogP) is 6.86. The fraction of sp³-hybridized carbons (Fsp3) is 0.528. The van der Waals surface area contributed by atoms with Crippen LogP contribution in [0.2, 0.25) is 0 Å². The highest BCUT2D eigenvalue weighted by atomic mass is 16.3. The smallest absolute Gasteiger partial charge is 0.0998 e. The molecule has 2 fully saturated rings. The first-order valence-corrected chi connectivity index (χ1v) is 16.3. The van der Waals surface area contributed by atoms with Crippen molar-refractivity contribution >= 4 is 27.4 Å². The molecular weight excluding hydrogens is 504 g/mol. The van der Waals surface area contributed by atoms with E-state index in [1.54, 1.807) is 0 Å². The van der Waals surface area contributed by atoms with E-state index in [1.165, 1.54) is 55.0 Å². The number of piperidine rings is 1. The van der Waals surface area contributed by atoms with Crippen molar-refractivity contribution in [1.82, 2.24) is 19.8 Å². The Morgan fingerprint density at radius 3 is 2.71 bits per heavy atom. The second kappa shape index (κ2) is 10.2. The summed E-state index contributed by atoms with van der Waals surface area (Å²) in [4.78, 5) is 14.4. The second-order valence-electron chi connectivity index (χ2n) is 13.5. The highest BCUT2D eigenvalue weighted by Gasteiger charge is 2.65. The minimum Gasteiger partial charge on any atom is -0.384 e. The maximum Gasteiger partial charge on any atom is 0.0998 e. The van der Waals surface area contributed by atoms with Gasteiger partial charge in [0.1, 0.15) is 0 Å². The molecule has 6 heterocycles. The van der Waals surface area contributed by atoms with E-state index < -0.39 is 5.60 Å². The Morgan fingerprint density at radius 2 is 1.76 bits per heavy atom. The fourth-order valence-corrected chi connectivity index (χ4v) is 9.59. The number of nitrogens with one attached hydrogen (secondary N) is 1. The Labute approximate surface area is 244 Å². The summed E-state index contributed by atoms with van der Waals surface area (Å²) >= 11 is 0. The van der Waals surface area contributed by atoms with Gasteiger partial charge in [0.2, 0.25) is 0 Å².